The van der Waals surface area contributed by atoms with Crippen LogP contribution in [-0.2, 0) is 4.79 Å². The lowest BCUT2D eigenvalue weighted by Gasteiger charge is -2.06. The molecule has 0 heterocycles. The van der Waals surface area contributed by atoms with E-state index in [2.05, 4.69) is 5.32 Å². The molecule has 0 saturated heterocycles. The number of carbonyl (C=O) groups is 3. The third-order valence-corrected chi connectivity index (χ3v) is 2.61. The fraction of sp³-hybridized carbons (Fsp3) is 0. The Balaban J connectivity index is 0.00000220. The first-order valence-electron chi connectivity index (χ1n) is 5.91. The van der Waals surface area contributed by atoms with Crippen molar-refractivity contribution in [3.8, 4) is 0 Å². The summed E-state index contributed by atoms with van der Waals surface area (Å²) in [6.07, 6.45) is 0.286. The highest BCUT2D eigenvalue weighted by Crippen LogP contribution is 2.14. The number of hydrogen-bond acceptors (Lipinski definition) is 3. The molecule has 0 spiro atoms. The minimum atomic E-state index is -0.649. The van der Waals surface area contributed by atoms with Crippen LogP contribution >= 0.6 is 12.4 Å². The molecule has 0 radical (unpaired) electrons. The first-order chi connectivity index (χ1) is 9.70. The molecule has 0 bridgehead atoms. The molecular weight excluding hydrogens is 292 g/mol. The number of carbonyl (C=O) groups excluding carboxylic acids is 3. The third kappa shape index (κ3) is 4.43. The Morgan fingerprint density at radius 1 is 0.905 bits per heavy atom. The minimum absolute atomic E-state index is 0. The molecule has 5 nitrogen and oxygen atoms in total. The van der Waals surface area contributed by atoms with E-state index in [1.165, 1.54) is 0 Å². The summed E-state index contributed by atoms with van der Waals surface area (Å²) in [4.78, 5) is 33.6. The topological polar surface area (TPSA) is 75.3 Å². The number of benzene rings is 2. The van der Waals surface area contributed by atoms with Crippen molar-refractivity contribution in [1.29, 1.82) is 0 Å². The first-order valence-corrected chi connectivity index (χ1v) is 5.91. The van der Waals surface area contributed by atoms with Gasteiger partial charge in [0, 0.05) is 16.8 Å². The van der Waals surface area contributed by atoms with Gasteiger partial charge >= 0.3 is 6.03 Å². The molecule has 0 aliphatic carbocycles. The highest BCUT2D eigenvalue weighted by atomic mass is 35.5. The van der Waals surface area contributed by atoms with E-state index in [9.17, 15) is 14.4 Å². The van der Waals surface area contributed by atoms with Gasteiger partial charge in [0.15, 0.2) is 5.78 Å². The fourth-order valence-corrected chi connectivity index (χ4v) is 1.72. The van der Waals surface area contributed by atoms with E-state index in [1.807, 2.05) is 11.4 Å². The van der Waals surface area contributed by atoms with Gasteiger partial charge in [-0.25, -0.2) is 4.79 Å². The monoisotopic (exact) mass is 304 g/mol. The molecule has 108 valence electrons. The van der Waals surface area contributed by atoms with Gasteiger partial charge in [-0.2, -0.15) is 0 Å². The molecule has 0 fully saturated rings. The lowest BCUT2D eigenvalue weighted by atomic mass is 10.0. The van der Waals surface area contributed by atoms with E-state index in [-0.39, 0.29) is 24.6 Å². The Morgan fingerprint density at radius 2 is 1.57 bits per heavy atom. The van der Waals surface area contributed by atoms with Gasteiger partial charge in [-0.15, -0.1) is 12.4 Å². The molecule has 0 aliphatic rings. The van der Waals surface area contributed by atoms with E-state index in [1.54, 1.807) is 48.5 Å². The van der Waals surface area contributed by atoms with Gasteiger partial charge in [-0.05, 0) is 12.1 Å². The molecule has 0 aromatic heterocycles. The molecule has 0 saturated carbocycles. The number of anilines is 1. The van der Waals surface area contributed by atoms with Gasteiger partial charge in [-0.3, -0.25) is 14.9 Å². The minimum Gasteiger partial charge on any atom is -0.308 e. The zero-order valence-corrected chi connectivity index (χ0v) is 11.7. The Labute approximate surface area is 127 Å². The van der Waals surface area contributed by atoms with Crippen LogP contribution in [-0.4, -0.2) is 18.2 Å². The van der Waals surface area contributed by atoms with Crippen molar-refractivity contribution in [1.82, 2.24) is 5.32 Å². The van der Waals surface area contributed by atoms with Crippen molar-refractivity contribution in [2.24, 2.45) is 0 Å². The van der Waals surface area contributed by atoms with Crippen LogP contribution in [0.1, 0.15) is 15.9 Å². The van der Waals surface area contributed by atoms with Crippen LogP contribution in [0.3, 0.4) is 0 Å². The fourth-order valence-electron chi connectivity index (χ4n) is 1.72. The summed E-state index contributed by atoms with van der Waals surface area (Å²) in [5, 5.41) is 4.41. The molecule has 3 amide bonds. The second-order valence-electron chi connectivity index (χ2n) is 3.99. The summed E-state index contributed by atoms with van der Waals surface area (Å²) in [5.41, 5.74) is 1.47. The normalized spacial score (nSPS) is 9.14. The maximum atomic E-state index is 12.2. The van der Waals surface area contributed by atoms with Crippen molar-refractivity contribution in [2.45, 2.75) is 0 Å². The second kappa shape index (κ2) is 7.81. The highest BCUT2D eigenvalue weighted by molar-refractivity contribution is 6.09. The molecule has 2 aromatic rings. The Kier molecular flexibility index (Phi) is 6.10. The van der Waals surface area contributed by atoms with Crippen molar-refractivity contribution >= 4 is 36.3 Å². The lowest BCUT2D eigenvalue weighted by molar-refractivity contribution is -0.108. The summed E-state index contributed by atoms with van der Waals surface area (Å²) in [7, 11) is 0. The molecule has 0 unspecified atom stereocenters. The SMILES string of the molecule is Cl.O=CNC(=O)Nc1cccc(C(=O)c2ccccc2)c1. The molecular formula is C15H13ClN2O3. The molecule has 2 aromatic carbocycles. The van der Waals surface area contributed by atoms with Gasteiger partial charge < -0.3 is 5.32 Å². The molecule has 2 N–H and O–H groups in total. The molecule has 21 heavy (non-hydrogen) atoms. The second-order valence-corrected chi connectivity index (χ2v) is 3.99. The van der Waals surface area contributed by atoms with Crippen LogP contribution in [0, 0.1) is 0 Å². The summed E-state index contributed by atoms with van der Waals surface area (Å²) in [5.74, 6) is -0.134. The number of urea groups is 1. The number of halogens is 1. The Hall–Kier alpha value is -2.66. The van der Waals surface area contributed by atoms with Crippen molar-refractivity contribution in [2.75, 3.05) is 5.32 Å². The van der Waals surface area contributed by atoms with Gasteiger partial charge in [0.1, 0.15) is 0 Å². The molecule has 2 rings (SSSR count). The van der Waals surface area contributed by atoms with Gasteiger partial charge in [0.05, 0.1) is 0 Å². The number of ketones is 1. The third-order valence-electron chi connectivity index (χ3n) is 2.61. The van der Waals surface area contributed by atoms with E-state index >= 15 is 0 Å². The highest BCUT2D eigenvalue weighted by Gasteiger charge is 2.09. The van der Waals surface area contributed by atoms with Crippen molar-refractivity contribution in [3.05, 3.63) is 65.7 Å². The van der Waals surface area contributed by atoms with Crippen LogP contribution in [0.5, 0.6) is 0 Å². The zero-order valence-electron chi connectivity index (χ0n) is 10.9. The number of hydrogen-bond donors (Lipinski definition) is 2. The Morgan fingerprint density at radius 3 is 2.24 bits per heavy atom. The van der Waals surface area contributed by atoms with E-state index in [4.69, 9.17) is 0 Å². The average molecular weight is 305 g/mol. The number of rotatable bonds is 4. The van der Waals surface area contributed by atoms with Crippen molar-refractivity contribution < 1.29 is 14.4 Å². The number of amides is 3. The number of nitrogens with one attached hydrogen (secondary N) is 2. The summed E-state index contributed by atoms with van der Waals surface area (Å²) in [6, 6.07) is 14.7. The molecule has 0 atom stereocenters. The van der Waals surface area contributed by atoms with Gasteiger partial charge in [0.25, 0.3) is 0 Å². The lowest BCUT2D eigenvalue weighted by Crippen LogP contribution is -2.27. The van der Waals surface area contributed by atoms with E-state index in [0.29, 0.717) is 16.8 Å². The quantitative estimate of drug-likeness (QED) is 0.673. The van der Waals surface area contributed by atoms with E-state index in [0.717, 1.165) is 0 Å². The van der Waals surface area contributed by atoms with Crippen LogP contribution in [0.15, 0.2) is 54.6 Å². The van der Waals surface area contributed by atoms with Crippen LogP contribution in [0.4, 0.5) is 10.5 Å². The Bertz CT molecular complexity index is 644. The largest absolute Gasteiger partial charge is 0.325 e. The van der Waals surface area contributed by atoms with Crippen LogP contribution < -0.4 is 10.6 Å². The van der Waals surface area contributed by atoms with Crippen LogP contribution in [0.25, 0.3) is 0 Å². The predicted molar refractivity (Wildman–Crippen MR) is 81.8 cm³/mol. The maximum absolute atomic E-state index is 12.2. The predicted octanol–water partition coefficient (Wildman–Crippen LogP) is 2.62. The zero-order chi connectivity index (χ0) is 14.4. The van der Waals surface area contributed by atoms with Crippen molar-refractivity contribution in [3.63, 3.8) is 0 Å². The maximum Gasteiger partial charge on any atom is 0.325 e. The van der Waals surface area contributed by atoms with Gasteiger partial charge in [-0.1, -0.05) is 42.5 Å². The molecule has 6 heteroatoms. The molecule has 0 aliphatic heterocycles. The number of imide groups is 1. The van der Waals surface area contributed by atoms with Crippen LogP contribution in [0.2, 0.25) is 0 Å². The standard InChI is InChI=1S/C15H12N2O3.ClH/c18-10-16-15(20)17-13-8-4-7-12(9-13)14(19)11-5-2-1-3-6-11;/h1-10H,(H2,16,17,18,20);1H. The average Bonchev–Trinajstić information content (AvgIpc) is 2.48. The summed E-state index contributed by atoms with van der Waals surface area (Å²) in [6.45, 7) is 0. The first kappa shape index (κ1) is 16.4. The smallest absolute Gasteiger partial charge is 0.308 e. The summed E-state index contributed by atoms with van der Waals surface area (Å²) >= 11 is 0. The van der Waals surface area contributed by atoms with Gasteiger partial charge in [0.2, 0.25) is 6.41 Å². The summed E-state index contributed by atoms with van der Waals surface area (Å²) < 4.78 is 0. The van der Waals surface area contributed by atoms with E-state index < -0.39 is 6.03 Å².